The Bertz CT molecular complexity index is 803. The van der Waals surface area contributed by atoms with Crippen LogP contribution in [-0.2, 0) is 21.2 Å². The molecular formula is C18H23N3O3S. The third-order valence-electron chi connectivity index (χ3n) is 3.46. The third-order valence-corrected chi connectivity index (χ3v) is 5.13. The van der Waals surface area contributed by atoms with Crippen LogP contribution in [0.25, 0.3) is 0 Å². The van der Waals surface area contributed by atoms with Crippen LogP contribution in [0.1, 0.15) is 19.4 Å². The Hall–Kier alpha value is -2.22. The molecule has 134 valence electrons. The molecule has 0 aliphatic carbocycles. The van der Waals surface area contributed by atoms with Crippen LogP contribution in [-0.4, -0.2) is 26.4 Å². The molecule has 0 fully saturated rings. The molecule has 0 aliphatic rings. The Morgan fingerprint density at radius 3 is 2.20 bits per heavy atom. The number of anilines is 1. The molecule has 7 heteroatoms. The van der Waals surface area contributed by atoms with Crippen LogP contribution in [0, 0.1) is 0 Å². The standard InChI is InChI=1S/C18H23N3O3S/c1-13(2)21-25(23,24)16-10-8-15(9-11-16)20-18(22)17(19)12-14-6-4-3-5-7-14/h3-11,13,17,21H,12,19H2,1-2H3,(H,20,22). The summed E-state index contributed by atoms with van der Waals surface area (Å²) in [5, 5.41) is 2.70. The first kappa shape index (κ1) is 19.1. The highest BCUT2D eigenvalue weighted by Crippen LogP contribution is 2.15. The van der Waals surface area contributed by atoms with E-state index in [1.807, 2.05) is 30.3 Å². The molecule has 0 heterocycles. The molecule has 6 nitrogen and oxygen atoms in total. The van der Waals surface area contributed by atoms with Gasteiger partial charge in [0, 0.05) is 11.7 Å². The van der Waals surface area contributed by atoms with Crippen LogP contribution >= 0.6 is 0 Å². The molecule has 0 saturated heterocycles. The van der Waals surface area contributed by atoms with Gasteiger partial charge in [0.2, 0.25) is 15.9 Å². The van der Waals surface area contributed by atoms with Gasteiger partial charge in [0.05, 0.1) is 10.9 Å². The van der Waals surface area contributed by atoms with Crippen molar-refractivity contribution in [2.45, 2.75) is 37.2 Å². The lowest BCUT2D eigenvalue weighted by Crippen LogP contribution is -2.37. The summed E-state index contributed by atoms with van der Waals surface area (Å²) >= 11 is 0. The Morgan fingerprint density at radius 2 is 1.64 bits per heavy atom. The molecule has 0 aromatic heterocycles. The molecule has 1 amide bonds. The largest absolute Gasteiger partial charge is 0.325 e. The number of amides is 1. The van der Waals surface area contributed by atoms with Gasteiger partial charge in [-0.2, -0.15) is 0 Å². The van der Waals surface area contributed by atoms with Gasteiger partial charge in [-0.25, -0.2) is 13.1 Å². The maximum Gasteiger partial charge on any atom is 0.241 e. The fourth-order valence-corrected chi connectivity index (χ4v) is 3.54. The fourth-order valence-electron chi connectivity index (χ4n) is 2.29. The van der Waals surface area contributed by atoms with Gasteiger partial charge in [0.15, 0.2) is 0 Å². The SMILES string of the molecule is CC(C)NS(=O)(=O)c1ccc(NC(=O)C(N)Cc2ccccc2)cc1. The summed E-state index contributed by atoms with van der Waals surface area (Å²) in [7, 11) is -3.55. The Morgan fingerprint density at radius 1 is 1.04 bits per heavy atom. The van der Waals surface area contributed by atoms with E-state index >= 15 is 0 Å². The number of sulfonamides is 1. The summed E-state index contributed by atoms with van der Waals surface area (Å²) in [5.41, 5.74) is 7.41. The van der Waals surface area contributed by atoms with E-state index in [1.54, 1.807) is 26.0 Å². The van der Waals surface area contributed by atoms with Gasteiger partial charge in [-0.15, -0.1) is 0 Å². The maximum absolute atomic E-state index is 12.2. The van der Waals surface area contributed by atoms with Crippen molar-refractivity contribution in [2.75, 3.05) is 5.32 Å². The van der Waals surface area contributed by atoms with Gasteiger partial charge < -0.3 is 11.1 Å². The lowest BCUT2D eigenvalue weighted by molar-refractivity contribution is -0.117. The summed E-state index contributed by atoms with van der Waals surface area (Å²) in [6.07, 6.45) is 0.428. The molecule has 2 aromatic carbocycles. The van der Waals surface area contributed by atoms with Crippen LogP contribution in [0.4, 0.5) is 5.69 Å². The molecule has 0 saturated carbocycles. The molecule has 0 radical (unpaired) electrons. The number of nitrogens with two attached hydrogens (primary N) is 1. The summed E-state index contributed by atoms with van der Waals surface area (Å²) in [4.78, 5) is 12.3. The summed E-state index contributed by atoms with van der Waals surface area (Å²) in [6.45, 7) is 3.50. The first-order chi connectivity index (χ1) is 11.8. The second-order valence-electron chi connectivity index (χ2n) is 6.09. The van der Waals surface area contributed by atoms with Gasteiger partial charge >= 0.3 is 0 Å². The first-order valence-electron chi connectivity index (χ1n) is 8.00. The smallest absolute Gasteiger partial charge is 0.241 e. The van der Waals surface area contributed by atoms with E-state index in [0.29, 0.717) is 12.1 Å². The predicted octanol–water partition coefficient (Wildman–Crippen LogP) is 1.88. The molecule has 1 atom stereocenters. The van der Waals surface area contributed by atoms with E-state index in [1.165, 1.54) is 12.1 Å². The average molecular weight is 361 g/mol. The molecule has 0 bridgehead atoms. The van der Waals surface area contributed by atoms with Crippen LogP contribution < -0.4 is 15.8 Å². The number of hydrogen-bond acceptors (Lipinski definition) is 4. The minimum absolute atomic E-state index is 0.146. The zero-order valence-corrected chi connectivity index (χ0v) is 15.1. The van der Waals surface area contributed by atoms with Crippen molar-refractivity contribution in [2.24, 2.45) is 5.73 Å². The van der Waals surface area contributed by atoms with E-state index in [9.17, 15) is 13.2 Å². The summed E-state index contributed by atoms with van der Waals surface area (Å²) in [6, 6.07) is 14.6. The van der Waals surface area contributed by atoms with Gasteiger partial charge in [0.1, 0.15) is 0 Å². The number of rotatable bonds is 7. The normalized spacial score (nSPS) is 12.8. The van der Waals surface area contributed by atoms with Crippen molar-refractivity contribution < 1.29 is 13.2 Å². The zero-order chi connectivity index (χ0) is 18.4. The van der Waals surface area contributed by atoms with E-state index in [4.69, 9.17) is 5.73 Å². The number of hydrogen-bond donors (Lipinski definition) is 3. The lowest BCUT2D eigenvalue weighted by atomic mass is 10.1. The van der Waals surface area contributed by atoms with Crippen LogP contribution in [0.5, 0.6) is 0 Å². The number of nitrogens with one attached hydrogen (secondary N) is 2. The molecular weight excluding hydrogens is 338 g/mol. The second kappa shape index (κ2) is 8.24. The molecule has 2 rings (SSSR count). The van der Waals surface area contributed by atoms with E-state index in [-0.39, 0.29) is 16.8 Å². The maximum atomic E-state index is 12.2. The van der Waals surface area contributed by atoms with Gasteiger partial charge in [-0.1, -0.05) is 30.3 Å². The molecule has 0 aliphatic heterocycles. The minimum atomic E-state index is -3.55. The highest BCUT2D eigenvalue weighted by atomic mass is 32.2. The molecule has 2 aromatic rings. The minimum Gasteiger partial charge on any atom is -0.325 e. The van der Waals surface area contributed by atoms with Crippen molar-refractivity contribution in [3.8, 4) is 0 Å². The quantitative estimate of drug-likeness (QED) is 0.701. The number of carbonyl (C=O) groups is 1. The monoisotopic (exact) mass is 361 g/mol. The first-order valence-corrected chi connectivity index (χ1v) is 9.49. The van der Waals surface area contributed by atoms with E-state index < -0.39 is 16.1 Å². The highest BCUT2D eigenvalue weighted by molar-refractivity contribution is 7.89. The molecule has 1 unspecified atom stereocenters. The zero-order valence-electron chi connectivity index (χ0n) is 14.3. The van der Waals surface area contributed by atoms with Crippen LogP contribution in [0.2, 0.25) is 0 Å². The highest BCUT2D eigenvalue weighted by Gasteiger charge is 2.17. The van der Waals surface area contributed by atoms with Crippen LogP contribution in [0.15, 0.2) is 59.5 Å². The summed E-state index contributed by atoms with van der Waals surface area (Å²) in [5.74, 6) is -0.320. The van der Waals surface area contributed by atoms with Gasteiger partial charge in [-0.3, -0.25) is 4.79 Å². The van der Waals surface area contributed by atoms with Gasteiger partial charge in [-0.05, 0) is 50.1 Å². The summed E-state index contributed by atoms with van der Waals surface area (Å²) < 4.78 is 26.6. The molecule has 4 N–H and O–H groups in total. The Labute approximate surface area is 148 Å². The average Bonchev–Trinajstić information content (AvgIpc) is 2.55. The fraction of sp³-hybridized carbons (Fsp3) is 0.278. The molecule has 0 spiro atoms. The van der Waals surface area contributed by atoms with Crippen molar-refractivity contribution in [3.05, 3.63) is 60.2 Å². The predicted molar refractivity (Wildman–Crippen MR) is 98.7 cm³/mol. The van der Waals surface area contributed by atoms with Crippen LogP contribution in [0.3, 0.4) is 0 Å². The van der Waals surface area contributed by atoms with E-state index in [0.717, 1.165) is 5.56 Å². The van der Waals surface area contributed by atoms with E-state index in [2.05, 4.69) is 10.0 Å². The van der Waals surface area contributed by atoms with Crippen molar-refractivity contribution in [1.29, 1.82) is 0 Å². The number of carbonyl (C=O) groups excluding carboxylic acids is 1. The van der Waals surface area contributed by atoms with Crippen molar-refractivity contribution in [3.63, 3.8) is 0 Å². The van der Waals surface area contributed by atoms with Gasteiger partial charge in [0.25, 0.3) is 0 Å². The topological polar surface area (TPSA) is 101 Å². The number of benzene rings is 2. The third kappa shape index (κ3) is 5.67. The second-order valence-corrected chi connectivity index (χ2v) is 7.80. The lowest BCUT2D eigenvalue weighted by Gasteiger charge is -2.13. The van der Waals surface area contributed by atoms with Crippen molar-refractivity contribution >= 4 is 21.6 Å². The Kier molecular flexibility index (Phi) is 6.30. The molecule has 25 heavy (non-hydrogen) atoms. The Balaban J connectivity index is 1.99. The van der Waals surface area contributed by atoms with Crippen molar-refractivity contribution in [1.82, 2.24) is 4.72 Å².